The maximum absolute atomic E-state index is 11.1. The Labute approximate surface area is 105 Å². The van der Waals surface area contributed by atoms with Gasteiger partial charge in [-0.05, 0) is 38.0 Å². The molecule has 4 nitrogen and oxygen atoms in total. The van der Waals surface area contributed by atoms with Crippen molar-refractivity contribution in [3.8, 4) is 0 Å². The van der Waals surface area contributed by atoms with Crippen LogP contribution < -0.4 is 4.90 Å². The lowest BCUT2D eigenvalue weighted by Crippen LogP contribution is -2.28. The number of aromatic carboxylic acids is 1. The van der Waals surface area contributed by atoms with Crippen LogP contribution in [0.2, 0.25) is 0 Å². The van der Waals surface area contributed by atoms with Crippen molar-refractivity contribution in [1.29, 1.82) is 0 Å². The molecular weight excluding hydrogens is 228 g/mol. The molecule has 1 aromatic heterocycles. The summed E-state index contributed by atoms with van der Waals surface area (Å²) in [6.45, 7) is 4.14. The maximum Gasteiger partial charge on any atom is 0.335 e. The van der Waals surface area contributed by atoms with Crippen LogP contribution in [0.25, 0.3) is 10.9 Å². The van der Waals surface area contributed by atoms with Crippen LogP contribution in [-0.4, -0.2) is 29.1 Å². The van der Waals surface area contributed by atoms with Gasteiger partial charge in [-0.3, -0.25) is 0 Å². The zero-order valence-electron chi connectivity index (χ0n) is 10.4. The van der Waals surface area contributed by atoms with Crippen molar-refractivity contribution in [3.63, 3.8) is 0 Å². The van der Waals surface area contributed by atoms with Gasteiger partial charge in [-0.1, -0.05) is 0 Å². The number of aromatic nitrogens is 1. The van der Waals surface area contributed by atoms with Crippen LogP contribution in [0.15, 0.2) is 18.2 Å². The minimum Gasteiger partial charge on any atom is -0.478 e. The second-order valence-corrected chi connectivity index (χ2v) is 4.70. The van der Waals surface area contributed by atoms with Crippen LogP contribution in [0.5, 0.6) is 0 Å². The van der Waals surface area contributed by atoms with E-state index in [1.54, 1.807) is 12.1 Å². The van der Waals surface area contributed by atoms with Gasteiger partial charge < -0.3 is 15.0 Å². The summed E-state index contributed by atoms with van der Waals surface area (Å²) >= 11 is 0. The Morgan fingerprint density at radius 3 is 3.06 bits per heavy atom. The monoisotopic (exact) mass is 244 g/mol. The number of carboxylic acids is 1. The van der Waals surface area contributed by atoms with Gasteiger partial charge in [0.25, 0.3) is 0 Å². The van der Waals surface area contributed by atoms with E-state index in [9.17, 15) is 4.79 Å². The molecule has 0 amide bonds. The molecule has 1 aromatic carbocycles. The van der Waals surface area contributed by atoms with E-state index < -0.39 is 5.97 Å². The van der Waals surface area contributed by atoms with Crippen LogP contribution >= 0.6 is 0 Å². The highest BCUT2D eigenvalue weighted by Crippen LogP contribution is 2.35. The molecule has 4 heteroatoms. The van der Waals surface area contributed by atoms with Crippen LogP contribution in [0.4, 0.5) is 5.69 Å². The number of nitrogens with one attached hydrogen (secondary N) is 1. The molecule has 2 aromatic rings. The summed E-state index contributed by atoms with van der Waals surface area (Å²) in [4.78, 5) is 16.8. The number of fused-ring (bicyclic) bond motifs is 3. The Morgan fingerprint density at radius 1 is 1.50 bits per heavy atom. The molecule has 0 atom stereocenters. The van der Waals surface area contributed by atoms with E-state index in [2.05, 4.69) is 16.8 Å². The predicted molar refractivity (Wildman–Crippen MR) is 71.5 cm³/mol. The molecule has 0 unspecified atom stereocenters. The van der Waals surface area contributed by atoms with Crippen molar-refractivity contribution < 1.29 is 9.90 Å². The molecule has 0 spiro atoms. The number of benzene rings is 1. The molecule has 0 aliphatic carbocycles. The Morgan fingerprint density at radius 2 is 2.33 bits per heavy atom. The van der Waals surface area contributed by atoms with Crippen molar-refractivity contribution in [3.05, 3.63) is 29.5 Å². The highest BCUT2D eigenvalue weighted by atomic mass is 16.4. The third-order valence-corrected chi connectivity index (χ3v) is 3.65. The van der Waals surface area contributed by atoms with Gasteiger partial charge in [0.1, 0.15) is 0 Å². The number of carbonyl (C=O) groups is 1. The highest BCUT2D eigenvalue weighted by Gasteiger charge is 2.21. The molecule has 0 saturated carbocycles. The van der Waals surface area contributed by atoms with Crippen molar-refractivity contribution in [2.24, 2.45) is 0 Å². The molecular formula is C14H16N2O2. The molecule has 94 valence electrons. The third kappa shape index (κ3) is 1.56. The fourth-order valence-electron chi connectivity index (χ4n) is 2.78. The number of anilines is 1. The van der Waals surface area contributed by atoms with Gasteiger partial charge in [0, 0.05) is 29.7 Å². The number of carboxylic acid groups (broad SMARTS) is 1. The molecule has 0 radical (unpaired) electrons. The zero-order chi connectivity index (χ0) is 12.7. The standard InChI is InChI=1S/C14H16N2O2/c1-2-16-7-3-4-12-13(16)10-8-9(14(17)18)5-6-11(10)15-12/h5-6,8,15H,2-4,7H2,1H3,(H,17,18). The van der Waals surface area contributed by atoms with E-state index in [0.29, 0.717) is 5.56 Å². The molecule has 0 saturated heterocycles. The van der Waals surface area contributed by atoms with E-state index >= 15 is 0 Å². The van der Waals surface area contributed by atoms with Gasteiger partial charge >= 0.3 is 5.97 Å². The number of nitrogens with zero attached hydrogens (tertiary/aromatic N) is 1. The topological polar surface area (TPSA) is 56.3 Å². The molecule has 1 aliphatic heterocycles. The first-order valence-electron chi connectivity index (χ1n) is 6.33. The summed E-state index contributed by atoms with van der Waals surface area (Å²) in [5.41, 5.74) is 3.82. The van der Waals surface area contributed by atoms with Crippen molar-refractivity contribution in [2.45, 2.75) is 19.8 Å². The summed E-state index contributed by atoms with van der Waals surface area (Å²) in [7, 11) is 0. The SMILES string of the molecule is CCN1CCCc2[nH]c3ccc(C(=O)O)cc3c21. The first kappa shape index (κ1) is 11.1. The lowest BCUT2D eigenvalue weighted by atomic mass is 10.1. The van der Waals surface area contributed by atoms with E-state index in [4.69, 9.17) is 5.11 Å². The molecule has 2 heterocycles. The minimum absolute atomic E-state index is 0.353. The van der Waals surface area contributed by atoms with Gasteiger partial charge in [-0.25, -0.2) is 4.79 Å². The second-order valence-electron chi connectivity index (χ2n) is 4.70. The number of hydrogen-bond donors (Lipinski definition) is 2. The Bertz CT molecular complexity index is 616. The van der Waals surface area contributed by atoms with Gasteiger partial charge in [-0.2, -0.15) is 0 Å². The number of hydrogen-bond acceptors (Lipinski definition) is 2. The lowest BCUT2D eigenvalue weighted by molar-refractivity contribution is 0.0697. The maximum atomic E-state index is 11.1. The Kier molecular flexibility index (Phi) is 2.51. The zero-order valence-corrected chi connectivity index (χ0v) is 10.4. The number of H-pyrrole nitrogens is 1. The van der Waals surface area contributed by atoms with Gasteiger partial charge in [0.15, 0.2) is 0 Å². The fraction of sp³-hybridized carbons (Fsp3) is 0.357. The average Bonchev–Trinajstić information content (AvgIpc) is 2.75. The third-order valence-electron chi connectivity index (χ3n) is 3.65. The number of aromatic amines is 1. The minimum atomic E-state index is -0.870. The summed E-state index contributed by atoms with van der Waals surface area (Å²) in [6, 6.07) is 5.30. The highest BCUT2D eigenvalue weighted by molar-refractivity contribution is 6.00. The fourth-order valence-corrected chi connectivity index (χ4v) is 2.78. The molecule has 0 bridgehead atoms. The average molecular weight is 244 g/mol. The van der Waals surface area contributed by atoms with Crippen LogP contribution in [0.1, 0.15) is 29.4 Å². The number of aryl methyl sites for hydroxylation is 1. The van der Waals surface area contributed by atoms with Crippen molar-refractivity contribution in [1.82, 2.24) is 4.98 Å². The molecule has 18 heavy (non-hydrogen) atoms. The van der Waals surface area contributed by atoms with Gasteiger partial charge in [-0.15, -0.1) is 0 Å². The number of rotatable bonds is 2. The Hall–Kier alpha value is -1.97. The summed E-state index contributed by atoms with van der Waals surface area (Å²) < 4.78 is 0. The largest absolute Gasteiger partial charge is 0.478 e. The van der Waals surface area contributed by atoms with Crippen LogP contribution in [-0.2, 0) is 6.42 Å². The predicted octanol–water partition coefficient (Wildman–Crippen LogP) is 2.64. The smallest absolute Gasteiger partial charge is 0.335 e. The quantitative estimate of drug-likeness (QED) is 0.853. The molecule has 1 aliphatic rings. The van der Waals surface area contributed by atoms with Crippen LogP contribution in [0.3, 0.4) is 0 Å². The van der Waals surface area contributed by atoms with E-state index in [0.717, 1.165) is 36.8 Å². The molecule has 2 N–H and O–H groups in total. The summed E-state index contributed by atoms with van der Waals surface area (Å²) in [5.74, 6) is -0.870. The summed E-state index contributed by atoms with van der Waals surface area (Å²) in [5, 5.41) is 10.1. The molecule has 3 rings (SSSR count). The van der Waals surface area contributed by atoms with E-state index in [1.807, 2.05) is 6.07 Å². The Balaban J connectivity index is 2.24. The summed E-state index contributed by atoms with van der Waals surface area (Å²) in [6.07, 6.45) is 2.20. The van der Waals surface area contributed by atoms with Gasteiger partial charge in [0.05, 0.1) is 11.3 Å². The van der Waals surface area contributed by atoms with Gasteiger partial charge in [0.2, 0.25) is 0 Å². The van der Waals surface area contributed by atoms with E-state index in [-0.39, 0.29) is 0 Å². The van der Waals surface area contributed by atoms with Crippen LogP contribution in [0, 0.1) is 0 Å². The first-order valence-corrected chi connectivity index (χ1v) is 6.33. The van der Waals surface area contributed by atoms with Crippen molar-refractivity contribution >= 4 is 22.6 Å². The lowest BCUT2D eigenvalue weighted by Gasteiger charge is -2.28. The molecule has 0 fully saturated rings. The van der Waals surface area contributed by atoms with E-state index in [1.165, 1.54) is 11.4 Å². The first-order chi connectivity index (χ1) is 8.70. The normalized spacial score (nSPS) is 14.8. The van der Waals surface area contributed by atoms with Crippen molar-refractivity contribution in [2.75, 3.05) is 18.0 Å². The second kappa shape index (κ2) is 4.05.